The number of esters is 1. The van der Waals surface area contributed by atoms with Crippen LogP contribution in [0.5, 0.6) is 0 Å². The van der Waals surface area contributed by atoms with E-state index in [4.69, 9.17) is 4.74 Å². The second kappa shape index (κ2) is 5.96. The van der Waals surface area contributed by atoms with E-state index in [0.29, 0.717) is 13.0 Å². The van der Waals surface area contributed by atoms with Crippen LogP contribution in [-0.4, -0.2) is 17.6 Å². The van der Waals surface area contributed by atoms with E-state index in [-0.39, 0.29) is 5.97 Å². The first-order valence-electron chi connectivity index (χ1n) is 4.96. The fourth-order valence-corrected chi connectivity index (χ4v) is 1.17. The van der Waals surface area contributed by atoms with Gasteiger partial charge in [0.2, 0.25) is 0 Å². The van der Waals surface area contributed by atoms with E-state index in [9.17, 15) is 4.79 Å². The molecular formula is C12H15NO2. The summed E-state index contributed by atoms with van der Waals surface area (Å²) in [5.41, 5.74) is 2.17. The average molecular weight is 205 g/mol. The molecule has 3 heteroatoms. The van der Waals surface area contributed by atoms with Crippen LogP contribution in [0.3, 0.4) is 0 Å². The maximum Gasteiger partial charge on any atom is 0.309 e. The van der Waals surface area contributed by atoms with Crippen molar-refractivity contribution in [1.82, 2.24) is 4.98 Å². The average Bonchev–Trinajstić information content (AvgIpc) is 2.21. The van der Waals surface area contributed by atoms with Crippen LogP contribution in [0.4, 0.5) is 0 Å². The first-order chi connectivity index (χ1) is 7.24. The zero-order valence-electron chi connectivity index (χ0n) is 9.06. The molecule has 0 unspecified atom stereocenters. The lowest BCUT2D eigenvalue weighted by molar-refractivity contribution is -0.142. The number of pyridine rings is 1. The van der Waals surface area contributed by atoms with Crippen molar-refractivity contribution in [3.63, 3.8) is 0 Å². The predicted molar refractivity (Wildman–Crippen MR) is 59.3 cm³/mol. The summed E-state index contributed by atoms with van der Waals surface area (Å²) in [6, 6.07) is 1.91. The van der Waals surface area contributed by atoms with Gasteiger partial charge >= 0.3 is 5.97 Å². The third-order valence-electron chi connectivity index (χ3n) is 1.95. The number of rotatable bonds is 4. The molecule has 1 heterocycles. The molecule has 1 rings (SSSR count). The summed E-state index contributed by atoms with van der Waals surface area (Å²) in [6.07, 6.45) is 7.56. The molecule has 0 fully saturated rings. The Kier molecular flexibility index (Phi) is 4.54. The Labute approximate surface area is 89.8 Å². The second-order valence-electron chi connectivity index (χ2n) is 3.14. The van der Waals surface area contributed by atoms with Gasteiger partial charge in [0.05, 0.1) is 13.0 Å². The molecule has 1 aromatic rings. The van der Waals surface area contributed by atoms with E-state index in [2.05, 4.69) is 4.98 Å². The zero-order chi connectivity index (χ0) is 11.1. The van der Waals surface area contributed by atoms with Crippen molar-refractivity contribution in [2.24, 2.45) is 0 Å². The largest absolute Gasteiger partial charge is 0.466 e. The topological polar surface area (TPSA) is 39.2 Å². The second-order valence-corrected chi connectivity index (χ2v) is 3.14. The molecule has 80 valence electrons. The molecule has 0 spiro atoms. The number of aromatic nitrogens is 1. The van der Waals surface area contributed by atoms with Gasteiger partial charge in [-0.15, -0.1) is 0 Å². The molecule has 0 radical (unpaired) electrons. The van der Waals surface area contributed by atoms with E-state index in [1.807, 2.05) is 19.1 Å². The Morgan fingerprint density at radius 1 is 1.60 bits per heavy atom. The lowest BCUT2D eigenvalue weighted by Gasteiger charge is -1.98. The van der Waals surface area contributed by atoms with Crippen LogP contribution in [0, 0.1) is 6.92 Å². The highest BCUT2D eigenvalue weighted by atomic mass is 16.5. The number of ether oxygens (including phenoxy) is 1. The summed E-state index contributed by atoms with van der Waals surface area (Å²) in [4.78, 5) is 15.0. The summed E-state index contributed by atoms with van der Waals surface area (Å²) in [5.74, 6) is -0.194. The van der Waals surface area contributed by atoms with Crippen molar-refractivity contribution in [3.8, 4) is 0 Å². The fraction of sp³-hybridized carbons (Fsp3) is 0.333. The maximum absolute atomic E-state index is 11.0. The Morgan fingerprint density at radius 3 is 3.07 bits per heavy atom. The monoisotopic (exact) mass is 205 g/mol. The van der Waals surface area contributed by atoms with Gasteiger partial charge in [-0.05, 0) is 31.0 Å². The van der Waals surface area contributed by atoms with Crippen LogP contribution in [0.1, 0.15) is 24.5 Å². The minimum Gasteiger partial charge on any atom is -0.466 e. The molecule has 15 heavy (non-hydrogen) atoms. The van der Waals surface area contributed by atoms with Gasteiger partial charge in [0.15, 0.2) is 0 Å². The summed E-state index contributed by atoms with van der Waals surface area (Å²) >= 11 is 0. The molecule has 0 N–H and O–H groups in total. The van der Waals surface area contributed by atoms with Crippen LogP contribution in [0.25, 0.3) is 6.08 Å². The fourth-order valence-electron chi connectivity index (χ4n) is 1.17. The Balaban J connectivity index is 2.52. The number of hydrogen-bond donors (Lipinski definition) is 0. The lowest BCUT2D eigenvalue weighted by atomic mass is 10.1. The molecule has 0 aromatic carbocycles. The van der Waals surface area contributed by atoms with Gasteiger partial charge in [-0.25, -0.2) is 0 Å². The van der Waals surface area contributed by atoms with Crippen molar-refractivity contribution < 1.29 is 9.53 Å². The third-order valence-corrected chi connectivity index (χ3v) is 1.95. The normalized spacial score (nSPS) is 10.5. The summed E-state index contributed by atoms with van der Waals surface area (Å²) in [7, 11) is 0. The summed E-state index contributed by atoms with van der Waals surface area (Å²) in [5, 5.41) is 0. The molecule has 0 amide bonds. The van der Waals surface area contributed by atoms with Gasteiger partial charge in [0.25, 0.3) is 0 Å². The molecule has 1 aromatic heterocycles. The van der Waals surface area contributed by atoms with Crippen LogP contribution in [0.2, 0.25) is 0 Å². The summed E-state index contributed by atoms with van der Waals surface area (Å²) in [6.45, 7) is 4.21. The first-order valence-corrected chi connectivity index (χ1v) is 4.96. The molecule has 0 atom stereocenters. The first kappa shape index (κ1) is 11.4. The van der Waals surface area contributed by atoms with Crippen molar-refractivity contribution >= 4 is 12.0 Å². The van der Waals surface area contributed by atoms with E-state index < -0.39 is 0 Å². The smallest absolute Gasteiger partial charge is 0.309 e. The van der Waals surface area contributed by atoms with Crippen molar-refractivity contribution in [3.05, 3.63) is 35.7 Å². The molecule has 0 aliphatic carbocycles. The highest BCUT2D eigenvalue weighted by Crippen LogP contribution is 2.07. The molecule has 0 aliphatic heterocycles. The van der Waals surface area contributed by atoms with E-state index in [1.54, 1.807) is 25.4 Å². The maximum atomic E-state index is 11.0. The minimum absolute atomic E-state index is 0.194. The van der Waals surface area contributed by atoms with Gasteiger partial charge in [0.1, 0.15) is 0 Å². The predicted octanol–water partition coefficient (Wildman–Crippen LogP) is 2.36. The number of carbonyl (C=O) groups is 1. The number of nitrogens with zero attached hydrogens (tertiary/aromatic N) is 1. The standard InChI is InChI=1S/C12H15NO2/c1-3-15-12(14)6-4-5-11-7-8-13-9-10(11)2/h4-5,7-9H,3,6H2,1-2H3. The van der Waals surface area contributed by atoms with E-state index in [0.717, 1.165) is 11.1 Å². The highest BCUT2D eigenvalue weighted by Gasteiger charge is 1.97. The van der Waals surface area contributed by atoms with E-state index in [1.165, 1.54) is 0 Å². The van der Waals surface area contributed by atoms with Gasteiger partial charge in [0, 0.05) is 12.4 Å². The quantitative estimate of drug-likeness (QED) is 0.708. The van der Waals surface area contributed by atoms with Crippen molar-refractivity contribution in [2.45, 2.75) is 20.3 Å². The molecule has 0 saturated carbocycles. The molecule has 3 nitrogen and oxygen atoms in total. The Hall–Kier alpha value is -1.64. The van der Waals surface area contributed by atoms with Crippen LogP contribution in [0.15, 0.2) is 24.5 Å². The number of carbonyl (C=O) groups excluding carboxylic acids is 1. The van der Waals surface area contributed by atoms with Gasteiger partial charge in [-0.2, -0.15) is 0 Å². The Morgan fingerprint density at radius 2 is 2.40 bits per heavy atom. The van der Waals surface area contributed by atoms with Crippen LogP contribution >= 0.6 is 0 Å². The van der Waals surface area contributed by atoms with Crippen LogP contribution in [-0.2, 0) is 9.53 Å². The van der Waals surface area contributed by atoms with Gasteiger partial charge < -0.3 is 4.74 Å². The molecular weight excluding hydrogens is 190 g/mol. The number of hydrogen-bond acceptors (Lipinski definition) is 3. The van der Waals surface area contributed by atoms with Crippen LogP contribution < -0.4 is 0 Å². The molecule has 0 aliphatic rings. The van der Waals surface area contributed by atoms with Crippen molar-refractivity contribution in [2.75, 3.05) is 6.61 Å². The lowest BCUT2D eigenvalue weighted by Crippen LogP contribution is -2.01. The van der Waals surface area contributed by atoms with E-state index >= 15 is 0 Å². The van der Waals surface area contributed by atoms with Gasteiger partial charge in [-0.3, -0.25) is 9.78 Å². The zero-order valence-corrected chi connectivity index (χ0v) is 9.06. The third kappa shape index (κ3) is 3.94. The van der Waals surface area contributed by atoms with Crippen molar-refractivity contribution in [1.29, 1.82) is 0 Å². The molecule has 0 bridgehead atoms. The number of aryl methyl sites for hydroxylation is 1. The summed E-state index contributed by atoms with van der Waals surface area (Å²) < 4.78 is 4.81. The van der Waals surface area contributed by atoms with Gasteiger partial charge in [-0.1, -0.05) is 12.2 Å². The highest BCUT2D eigenvalue weighted by molar-refractivity contribution is 5.72. The SMILES string of the molecule is CCOC(=O)CC=Cc1ccncc1C. The Bertz CT molecular complexity index is 358. The minimum atomic E-state index is -0.194. The molecule has 0 saturated heterocycles.